The molecule has 1 aliphatic heterocycles. The van der Waals surface area contributed by atoms with Crippen molar-refractivity contribution in [3.8, 4) is 0 Å². The molecule has 1 aliphatic rings. The Hall–Kier alpha value is -1.34. The first-order chi connectivity index (χ1) is 8.99. The fourth-order valence-electron chi connectivity index (χ4n) is 2.18. The molecule has 1 atom stereocenters. The first-order valence-corrected chi connectivity index (χ1v) is 6.70. The lowest BCUT2D eigenvalue weighted by Gasteiger charge is -2.34. The zero-order valence-corrected chi connectivity index (χ0v) is 12.1. The molecule has 0 aromatic carbocycles. The Morgan fingerprint density at radius 3 is 2.89 bits per heavy atom. The average molecular weight is 331 g/mol. The third-order valence-electron chi connectivity index (χ3n) is 3.09. The van der Waals surface area contributed by atoms with Crippen molar-refractivity contribution >= 4 is 27.8 Å². The topological polar surface area (TPSA) is 71.8 Å². The molecule has 7 heteroatoms. The van der Waals surface area contributed by atoms with Gasteiger partial charge in [-0.2, -0.15) is 0 Å². The van der Waals surface area contributed by atoms with E-state index in [0.717, 1.165) is 4.47 Å². The molecule has 1 aromatic heterocycles. The summed E-state index contributed by atoms with van der Waals surface area (Å²) >= 11 is 3.32. The number of carboxylic acids is 1. The number of morpholine rings is 1. The molecule has 0 saturated carbocycles. The summed E-state index contributed by atoms with van der Waals surface area (Å²) in [6, 6.07) is 1.32. The second-order valence-electron chi connectivity index (χ2n) is 4.48. The van der Waals surface area contributed by atoms with Gasteiger partial charge in [0.15, 0.2) is 0 Å². The fraction of sp³-hybridized carbons (Fsp3) is 0.500. The summed E-state index contributed by atoms with van der Waals surface area (Å²) in [5.41, 5.74) is 0.532. The molecule has 6 nitrogen and oxygen atoms in total. The molecular weight excluding hydrogens is 316 g/mol. The monoisotopic (exact) mass is 330 g/mol. The van der Waals surface area contributed by atoms with E-state index in [4.69, 9.17) is 9.84 Å². The minimum absolute atomic E-state index is 0.0999. The van der Waals surface area contributed by atoms with E-state index in [1.807, 2.05) is 0 Å². The quantitative estimate of drug-likeness (QED) is 0.900. The number of carbonyl (C=O) groups excluding carboxylic acids is 1. The molecule has 1 aromatic rings. The maximum atomic E-state index is 12.5. The van der Waals surface area contributed by atoms with Crippen LogP contribution >= 0.6 is 15.9 Å². The van der Waals surface area contributed by atoms with Crippen LogP contribution in [0.5, 0.6) is 0 Å². The predicted octanol–water partition coefficient (Wildman–Crippen LogP) is 1.10. The van der Waals surface area contributed by atoms with E-state index < -0.39 is 12.0 Å². The second kappa shape index (κ2) is 5.75. The first kappa shape index (κ1) is 14.1. The maximum Gasteiger partial charge on any atom is 0.305 e. The SMILES string of the molecule is Cn1cc(Br)cc1C(=O)N1CCOCC1CC(=O)O. The van der Waals surface area contributed by atoms with Gasteiger partial charge in [-0.15, -0.1) is 0 Å². The van der Waals surface area contributed by atoms with Gasteiger partial charge >= 0.3 is 5.97 Å². The molecule has 1 N–H and O–H groups in total. The summed E-state index contributed by atoms with van der Waals surface area (Å²) in [6.07, 6.45) is 1.69. The van der Waals surface area contributed by atoms with E-state index in [1.54, 1.807) is 28.8 Å². The molecule has 2 rings (SSSR count). The highest BCUT2D eigenvalue weighted by molar-refractivity contribution is 9.10. The number of halogens is 1. The number of hydrogen-bond acceptors (Lipinski definition) is 3. The van der Waals surface area contributed by atoms with Crippen molar-refractivity contribution in [2.75, 3.05) is 19.8 Å². The highest BCUT2D eigenvalue weighted by atomic mass is 79.9. The summed E-state index contributed by atoms with van der Waals surface area (Å²) in [6.45, 7) is 1.12. The molecule has 19 heavy (non-hydrogen) atoms. The number of aliphatic carboxylic acids is 1. The Labute approximate surface area is 119 Å². The van der Waals surface area contributed by atoms with Crippen LogP contribution < -0.4 is 0 Å². The van der Waals surface area contributed by atoms with Crippen molar-refractivity contribution < 1.29 is 19.4 Å². The van der Waals surface area contributed by atoms with Crippen molar-refractivity contribution in [3.05, 3.63) is 22.4 Å². The number of carbonyl (C=O) groups is 2. The van der Waals surface area contributed by atoms with Crippen molar-refractivity contribution in [2.45, 2.75) is 12.5 Å². The highest BCUT2D eigenvalue weighted by Gasteiger charge is 2.30. The Morgan fingerprint density at radius 1 is 1.58 bits per heavy atom. The number of aromatic nitrogens is 1. The van der Waals surface area contributed by atoms with Gasteiger partial charge in [0.1, 0.15) is 5.69 Å². The summed E-state index contributed by atoms with van der Waals surface area (Å²) in [4.78, 5) is 24.9. The Balaban J connectivity index is 2.19. The van der Waals surface area contributed by atoms with Gasteiger partial charge < -0.3 is 19.3 Å². The van der Waals surface area contributed by atoms with Crippen LogP contribution in [0.1, 0.15) is 16.9 Å². The van der Waals surface area contributed by atoms with Crippen molar-refractivity contribution in [2.24, 2.45) is 7.05 Å². The van der Waals surface area contributed by atoms with E-state index in [0.29, 0.717) is 18.8 Å². The second-order valence-corrected chi connectivity index (χ2v) is 5.40. The minimum atomic E-state index is -0.929. The zero-order valence-electron chi connectivity index (χ0n) is 10.5. The van der Waals surface area contributed by atoms with Crippen LogP contribution in [0.15, 0.2) is 16.7 Å². The molecule has 0 bridgehead atoms. The van der Waals surface area contributed by atoms with Crippen LogP contribution in [0.2, 0.25) is 0 Å². The number of hydrogen-bond donors (Lipinski definition) is 1. The maximum absolute atomic E-state index is 12.5. The third-order valence-corrected chi connectivity index (χ3v) is 3.52. The predicted molar refractivity (Wildman–Crippen MR) is 71.0 cm³/mol. The summed E-state index contributed by atoms with van der Waals surface area (Å²) < 4.78 is 7.80. The third kappa shape index (κ3) is 3.16. The van der Waals surface area contributed by atoms with Crippen LogP contribution in [-0.2, 0) is 16.6 Å². The van der Waals surface area contributed by atoms with Crippen LogP contribution in [-0.4, -0.2) is 52.3 Å². The molecule has 0 radical (unpaired) electrons. The summed E-state index contributed by atoms with van der Waals surface area (Å²) in [5.74, 6) is -1.09. The zero-order chi connectivity index (χ0) is 14.0. The number of ether oxygens (including phenoxy) is 1. The van der Waals surface area contributed by atoms with Gasteiger partial charge in [0.2, 0.25) is 0 Å². The lowest BCUT2D eigenvalue weighted by molar-refractivity contribution is -0.139. The number of carboxylic acid groups (broad SMARTS) is 1. The largest absolute Gasteiger partial charge is 0.481 e. The van der Waals surface area contributed by atoms with Gasteiger partial charge in [-0.3, -0.25) is 9.59 Å². The normalized spacial score (nSPS) is 19.5. The molecule has 1 fully saturated rings. The molecule has 2 heterocycles. The van der Waals surface area contributed by atoms with E-state index in [1.165, 1.54) is 0 Å². The molecule has 1 amide bonds. The molecular formula is C12H15BrN2O4. The fourth-order valence-corrected chi connectivity index (χ4v) is 2.70. The Bertz CT molecular complexity index is 500. The minimum Gasteiger partial charge on any atom is -0.481 e. The Morgan fingerprint density at radius 2 is 2.32 bits per heavy atom. The molecule has 0 aliphatic carbocycles. The number of nitrogens with zero attached hydrogens (tertiary/aromatic N) is 2. The van der Waals surface area contributed by atoms with Gasteiger partial charge in [0, 0.05) is 24.3 Å². The molecule has 1 saturated heterocycles. The van der Waals surface area contributed by atoms with Crippen molar-refractivity contribution in [3.63, 3.8) is 0 Å². The van der Waals surface area contributed by atoms with Crippen molar-refractivity contribution in [1.82, 2.24) is 9.47 Å². The molecule has 104 valence electrons. The van der Waals surface area contributed by atoms with Gasteiger partial charge in [0.05, 0.1) is 25.7 Å². The summed E-state index contributed by atoms with van der Waals surface area (Å²) in [5, 5.41) is 8.89. The average Bonchev–Trinajstić information content (AvgIpc) is 2.67. The van der Waals surface area contributed by atoms with Crippen LogP contribution in [0.3, 0.4) is 0 Å². The van der Waals surface area contributed by atoms with E-state index in [9.17, 15) is 9.59 Å². The van der Waals surface area contributed by atoms with Gasteiger partial charge in [-0.1, -0.05) is 0 Å². The van der Waals surface area contributed by atoms with Crippen LogP contribution in [0.25, 0.3) is 0 Å². The van der Waals surface area contributed by atoms with Gasteiger partial charge in [-0.05, 0) is 22.0 Å². The van der Waals surface area contributed by atoms with Gasteiger partial charge in [0.25, 0.3) is 5.91 Å². The molecule has 0 spiro atoms. The summed E-state index contributed by atoms with van der Waals surface area (Å²) in [7, 11) is 1.78. The van der Waals surface area contributed by atoms with Gasteiger partial charge in [-0.25, -0.2) is 0 Å². The van der Waals surface area contributed by atoms with Crippen LogP contribution in [0.4, 0.5) is 0 Å². The Kier molecular flexibility index (Phi) is 4.26. The lowest BCUT2D eigenvalue weighted by atomic mass is 10.1. The van der Waals surface area contributed by atoms with Crippen molar-refractivity contribution in [1.29, 1.82) is 0 Å². The van der Waals surface area contributed by atoms with E-state index >= 15 is 0 Å². The number of rotatable bonds is 3. The smallest absolute Gasteiger partial charge is 0.305 e. The van der Waals surface area contributed by atoms with E-state index in [2.05, 4.69) is 15.9 Å². The molecule has 1 unspecified atom stereocenters. The highest BCUT2D eigenvalue weighted by Crippen LogP contribution is 2.19. The standard InChI is InChI=1S/C12H15BrN2O4/c1-14-6-8(13)4-10(14)12(18)15-2-3-19-7-9(15)5-11(16)17/h4,6,9H,2-3,5,7H2,1H3,(H,16,17). The van der Waals surface area contributed by atoms with E-state index in [-0.39, 0.29) is 18.9 Å². The lowest BCUT2D eigenvalue weighted by Crippen LogP contribution is -2.49. The van der Waals surface area contributed by atoms with Crippen LogP contribution in [0, 0.1) is 0 Å². The number of amides is 1. The number of aryl methyl sites for hydroxylation is 1. The first-order valence-electron chi connectivity index (χ1n) is 5.91.